The second-order valence-electron chi connectivity index (χ2n) is 3.79. The van der Waals surface area contributed by atoms with Crippen LogP contribution >= 0.6 is 0 Å². The first-order valence-electron chi connectivity index (χ1n) is 5.40. The number of nitrogens with zero attached hydrogens (tertiary/aromatic N) is 1. The van der Waals surface area contributed by atoms with Crippen LogP contribution in [-0.4, -0.2) is 10.9 Å². The highest BCUT2D eigenvalue weighted by atomic mass is 19.1. The fourth-order valence-corrected chi connectivity index (χ4v) is 1.50. The Balaban J connectivity index is 2.01. The molecule has 2 rings (SSSR count). The summed E-state index contributed by atoms with van der Waals surface area (Å²) in [5, 5.41) is 2.57. The minimum atomic E-state index is -0.444. The zero-order chi connectivity index (χ0) is 13.0. The van der Waals surface area contributed by atoms with Crippen LogP contribution in [0.3, 0.4) is 0 Å². The van der Waals surface area contributed by atoms with Crippen LogP contribution in [0.1, 0.15) is 5.56 Å². The molecular weight excluding hydrogens is 233 g/mol. The van der Waals surface area contributed by atoms with Crippen molar-refractivity contribution in [3.05, 3.63) is 54.0 Å². The van der Waals surface area contributed by atoms with Crippen molar-refractivity contribution in [1.29, 1.82) is 0 Å². The van der Waals surface area contributed by atoms with E-state index in [0.717, 1.165) is 11.8 Å². The van der Waals surface area contributed by atoms with Crippen LogP contribution in [0.2, 0.25) is 0 Å². The van der Waals surface area contributed by atoms with Crippen molar-refractivity contribution in [1.82, 2.24) is 4.98 Å². The van der Waals surface area contributed by atoms with E-state index in [-0.39, 0.29) is 12.3 Å². The average molecular weight is 245 g/mol. The Labute approximate surface area is 104 Å². The third kappa shape index (κ3) is 3.04. The molecule has 1 aromatic heterocycles. The van der Waals surface area contributed by atoms with Crippen molar-refractivity contribution in [2.45, 2.75) is 6.42 Å². The van der Waals surface area contributed by atoms with Gasteiger partial charge in [0, 0.05) is 5.69 Å². The first-order valence-corrected chi connectivity index (χ1v) is 5.40. The van der Waals surface area contributed by atoms with E-state index in [4.69, 9.17) is 5.73 Å². The summed E-state index contributed by atoms with van der Waals surface area (Å²) in [6.07, 6.45) is 1.21. The lowest BCUT2D eigenvalue weighted by atomic mass is 10.1. The molecule has 0 aliphatic heterocycles. The van der Waals surface area contributed by atoms with E-state index in [2.05, 4.69) is 10.3 Å². The zero-order valence-corrected chi connectivity index (χ0v) is 9.56. The second-order valence-corrected chi connectivity index (χ2v) is 3.79. The Bertz CT molecular complexity index is 554. The highest BCUT2D eigenvalue weighted by Gasteiger charge is 2.07. The smallest absolute Gasteiger partial charge is 0.230 e. The summed E-state index contributed by atoms with van der Waals surface area (Å²) in [7, 11) is 0. The Morgan fingerprint density at radius 1 is 1.28 bits per heavy atom. The summed E-state index contributed by atoms with van der Waals surface area (Å²) in [5.41, 5.74) is 7.05. The highest BCUT2D eigenvalue weighted by molar-refractivity contribution is 5.92. The van der Waals surface area contributed by atoms with Crippen molar-refractivity contribution < 1.29 is 9.18 Å². The Morgan fingerprint density at radius 2 is 2.06 bits per heavy atom. The quantitative estimate of drug-likeness (QED) is 0.812. The lowest BCUT2D eigenvalue weighted by Gasteiger charge is -2.06. The molecule has 4 nitrogen and oxygen atoms in total. The van der Waals surface area contributed by atoms with Gasteiger partial charge in [-0.3, -0.25) is 4.79 Å². The third-order valence-electron chi connectivity index (χ3n) is 2.40. The van der Waals surface area contributed by atoms with E-state index in [1.807, 2.05) is 6.07 Å². The van der Waals surface area contributed by atoms with Gasteiger partial charge in [-0.25, -0.2) is 9.37 Å². The highest BCUT2D eigenvalue weighted by Crippen LogP contribution is 2.12. The largest absolute Gasteiger partial charge is 0.398 e. The number of pyridine rings is 1. The van der Waals surface area contributed by atoms with Crippen molar-refractivity contribution in [2.75, 3.05) is 11.1 Å². The average Bonchev–Trinajstić information content (AvgIpc) is 2.35. The molecule has 1 aromatic carbocycles. The normalized spacial score (nSPS) is 10.1. The molecule has 1 amide bonds. The molecule has 92 valence electrons. The zero-order valence-electron chi connectivity index (χ0n) is 9.56. The lowest BCUT2D eigenvalue weighted by molar-refractivity contribution is -0.115. The van der Waals surface area contributed by atoms with Gasteiger partial charge >= 0.3 is 0 Å². The SMILES string of the molecule is Nc1ccccc1CC(=O)Nc1ccc(F)cn1. The molecule has 0 radical (unpaired) electrons. The van der Waals surface area contributed by atoms with Crippen LogP contribution in [-0.2, 0) is 11.2 Å². The summed E-state index contributed by atoms with van der Waals surface area (Å²) in [6, 6.07) is 9.78. The van der Waals surface area contributed by atoms with Gasteiger partial charge in [-0.2, -0.15) is 0 Å². The maximum atomic E-state index is 12.6. The summed E-state index contributed by atoms with van der Waals surface area (Å²) in [5.74, 6) is -0.372. The number of carbonyl (C=O) groups is 1. The molecule has 0 unspecified atom stereocenters. The van der Waals surface area contributed by atoms with Gasteiger partial charge in [0.15, 0.2) is 0 Å². The molecule has 0 bridgehead atoms. The topological polar surface area (TPSA) is 68.0 Å². The molecule has 0 spiro atoms. The van der Waals surface area contributed by atoms with Gasteiger partial charge in [0.05, 0.1) is 12.6 Å². The first-order chi connectivity index (χ1) is 8.65. The van der Waals surface area contributed by atoms with E-state index < -0.39 is 5.82 Å². The minimum Gasteiger partial charge on any atom is -0.398 e. The summed E-state index contributed by atoms with van der Waals surface area (Å²) in [4.78, 5) is 15.5. The maximum Gasteiger partial charge on any atom is 0.230 e. The number of hydrogen-bond acceptors (Lipinski definition) is 3. The molecule has 0 atom stereocenters. The van der Waals surface area contributed by atoms with E-state index in [1.165, 1.54) is 12.1 Å². The molecule has 0 fully saturated rings. The summed E-state index contributed by atoms with van der Waals surface area (Å²) in [6.45, 7) is 0. The first kappa shape index (κ1) is 12.0. The second kappa shape index (κ2) is 5.27. The molecule has 0 aliphatic carbocycles. The molecular formula is C13H12FN3O. The monoisotopic (exact) mass is 245 g/mol. The summed E-state index contributed by atoms with van der Waals surface area (Å²) < 4.78 is 12.6. The van der Waals surface area contributed by atoms with Gasteiger partial charge in [-0.1, -0.05) is 18.2 Å². The van der Waals surface area contributed by atoms with Gasteiger partial charge in [0.1, 0.15) is 11.6 Å². The number of amides is 1. The number of carbonyl (C=O) groups excluding carboxylic acids is 1. The number of benzene rings is 1. The van der Waals surface area contributed by atoms with Crippen LogP contribution in [0, 0.1) is 5.82 Å². The standard InChI is InChI=1S/C13H12FN3O/c14-10-5-6-12(16-8-10)17-13(18)7-9-3-1-2-4-11(9)15/h1-6,8H,7,15H2,(H,16,17,18). The number of nitrogens with two attached hydrogens (primary N) is 1. The number of para-hydroxylation sites is 1. The van der Waals surface area contributed by atoms with Gasteiger partial charge in [-0.15, -0.1) is 0 Å². The van der Waals surface area contributed by atoms with Gasteiger partial charge in [0.25, 0.3) is 0 Å². The Hall–Kier alpha value is -2.43. The van der Waals surface area contributed by atoms with Crippen LogP contribution in [0.4, 0.5) is 15.9 Å². The Morgan fingerprint density at radius 3 is 2.72 bits per heavy atom. The maximum absolute atomic E-state index is 12.6. The Kier molecular flexibility index (Phi) is 3.52. The lowest BCUT2D eigenvalue weighted by Crippen LogP contribution is -2.16. The number of nitrogen functional groups attached to an aromatic ring is 1. The molecule has 18 heavy (non-hydrogen) atoms. The minimum absolute atomic E-state index is 0.158. The number of rotatable bonds is 3. The van der Waals surface area contributed by atoms with E-state index in [0.29, 0.717) is 11.5 Å². The predicted octanol–water partition coefficient (Wildman–Crippen LogP) is 1.98. The van der Waals surface area contributed by atoms with E-state index in [9.17, 15) is 9.18 Å². The van der Waals surface area contributed by atoms with Gasteiger partial charge < -0.3 is 11.1 Å². The predicted molar refractivity (Wildman–Crippen MR) is 67.4 cm³/mol. The molecule has 2 aromatic rings. The van der Waals surface area contributed by atoms with Crippen LogP contribution in [0.25, 0.3) is 0 Å². The fraction of sp³-hybridized carbons (Fsp3) is 0.0769. The molecule has 0 saturated carbocycles. The number of hydrogen-bond donors (Lipinski definition) is 2. The fourth-order valence-electron chi connectivity index (χ4n) is 1.50. The van der Waals surface area contributed by atoms with Crippen LogP contribution in [0.15, 0.2) is 42.6 Å². The number of halogens is 1. The molecule has 1 heterocycles. The third-order valence-corrected chi connectivity index (χ3v) is 2.40. The number of aromatic nitrogens is 1. The van der Waals surface area contributed by atoms with Crippen LogP contribution < -0.4 is 11.1 Å². The number of anilines is 2. The molecule has 3 N–H and O–H groups in total. The number of nitrogens with one attached hydrogen (secondary N) is 1. The molecule has 5 heteroatoms. The molecule has 0 saturated heterocycles. The van der Waals surface area contributed by atoms with Crippen molar-refractivity contribution in [3.63, 3.8) is 0 Å². The van der Waals surface area contributed by atoms with E-state index >= 15 is 0 Å². The van der Waals surface area contributed by atoms with Gasteiger partial charge in [-0.05, 0) is 23.8 Å². The van der Waals surface area contributed by atoms with Crippen molar-refractivity contribution >= 4 is 17.4 Å². The summed E-state index contributed by atoms with van der Waals surface area (Å²) >= 11 is 0. The van der Waals surface area contributed by atoms with Crippen molar-refractivity contribution in [3.8, 4) is 0 Å². The molecule has 0 aliphatic rings. The van der Waals surface area contributed by atoms with E-state index in [1.54, 1.807) is 18.2 Å². The van der Waals surface area contributed by atoms with Gasteiger partial charge in [0.2, 0.25) is 5.91 Å². The van der Waals surface area contributed by atoms with Crippen molar-refractivity contribution in [2.24, 2.45) is 0 Å². The van der Waals surface area contributed by atoms with Crippen LogP contribution in [0.5, 0.6) is 0 Å².